The Kier molecular flexibility index (Phi) is 4.77. The van der Waals surface area contributed by atoms with E-state index in [9.17, 15) is 9.50 Å². The quantitative estimate of drug-likeness (QED) is 0.800. The number of aliphatic hydroxyl groups excluding tert-OH is 2. The number of benzene rings is 1. The van der Waals surface area contributed by atoms with Crippen LogP contribution in [0.15, 0.2) is 17.0 Å². The highest BCUT2D eigenvalue weighted by molar-refractivity contribution is 8.00. The molecule has 90 valence electrons. The van der Waals surface area contributed by atoms with E-state index in [2.05, 4.69) is 0 Å². The highest BCUT2D eigenvalue weighted by Crippen LogP contribution is 2.32. The summed E-state index contributed by atoms with van der Waals surface area (Å²) in [5.74, 6) is -0.308. The second kappa shape index (κ2) is 5.66. The van der Waals surface area contributed by atoms with Crippen molar-refractivity contribution in [3.05, 3.63) is 29.1 Å². The SMILES string of the molecule is Cc1cc(SC(C)CO)c([C@H](C)O)cc1F. The van der Waals surface area contributed by atoms with Crippen LogP contribution in [0, 0.1) is 12.7 Å². The Labute approximate surface area is 99.5 Å². The molecule has 0 fully saturated rings. The highest BCUT2D eigenvalue weighted by Gasteiger charge is 2.14. The van der Waals surface area contributed by atoms with Gasteiger partial charge in [-0.1, -0.05) is 6.92 Å². The van der Waals surface area contributed by atoms with Gasteiger partial charge in [-0.3, -0.25) is 0 Å². The summed E-state index contributed by atoms with van der Waals surface area (Å²) < 4.78 is 13.4. The normalized spacial score (nSPS) is 14.9. The average molecular weight is 244 g/mol. The lowest BCUT2D eigenvalue weighted by atomic mass is 10.1. The summed E-state index contributed by atoms with van der Waals surface area (Å²) in [5, 5.41) is 18.6. The summed E-state index contributed by atoms with van der Waals surface area (Å²) in [5.41, 5.74) is 1.13. The molecule has 0 spiro atoms. The zero-order chi connectivity index (χ0) is 12.3. The van der Waals surface area contributed by atoms with Gasteiger partial charge in [0.2, 0.25) is 0 Å². The molecule has 2 N–H and O–H groups in total. The van der Waals surface area contributed by atoms with E-state index in [1.54, 1.807) is 19.9 Å². The van der Waals surface area contributed by atoms with E-state index >= 15 is 0 Å². The fraction of sp³-hybridized carbons (Fsp3) is 0.500. The Morgan fingerprint density at radius 3 is 2.50 bits per heavy atom. The summed E-state index contributed by atoms with van der Waals surface area (Å²) in [6, 6.07) is 3.08. The second-order valence-corrected chi connectivity index (χ2v) is 5.41. The van der Waals surface area contributed by atoms with Crippen molar-refractivity contribution in [1.82, 2.24) is 0 Å². The Hall–Kier alpha value is -0.580. The molecule has 4 heteroatoms. The Bertz CT molecular complexity index is 366. The van der Waals surface area contributed by atoms with Gasteiger partial charge in [0.25, 0.3) is 0 Å². The molecule has 16 heavy (non-hydrogen) atoms. The molecule has 1 rings (SSSR count). The van der Waals surface area contributed by atoms with E-state index in [0.29, 0.717) is 11.1 Å². The van der Waals surface area contributed by atoms with E-state index in [1.807, 2.05) is 6.92 Å². The lowest BCUT2D eigenvalue weighted by molar-refractivity contribution is 0.195. The first-order chi connectivity index (χ1) is 7.45. The van der Waals surface area contributed by atoms with Crippen LogP contribution in [0.5, 0.6) is 0 Å². The first kappa shape index (κ1) is 13.5. The highest BCUT2D eigenvalue weighted by atomic mass is 32.2. The van der Waals surface area contributed by atoms with Crippen LogP contribution in [0.4, 0.5) is 4.39 Å². The zero-order valence-electron chi connectivity index (χ0n) is 9.70. The summed E-state index contributed by atoms with van der Waals surface area (Å²) in [4.78, 5) is 0.829. The van der Waals surface area contributed by atoms with Gasteiger partial charge in [-0.05, 0) is 37.1 Å². The van der Waals surface area contributed by atoms with Crippen molar-refractivity contribution < 1.29 is 14.6 Å². The van der Waals surface area contributed by atoms with Crippen molar-refractivity contribution in [3.8, 4) is 0 Å². The van der Waals surface area contributed by atoms with Gasteiger partial charge in [-0.15, -0.1) is 11.8 Å². The predicted octanol–water partition coefficient (Wildman–Crippen LogP) is 2.66. The predicted molar refractivity (Wildman–Crippen MR) is 64.2 cm³/mol. The third-order valence-corrected chi connectivity index (χ3v) is 3.49. The van der Waals surface area contributed by atoms with Gasteiger partial charge in [-0.25, -0.2) is 4.39 Å². The van der Waals surface area contributed by atoms with E-state index in [-0.39, 0.29) is 17.7 Å². The lowest BCUT2D eigenvalue weighted by Crippen LogP contribution is -2.05. The Morgan fingerprint density at radius 2 is 2.00 bits per heavy atom. The molecule has 0 aliphatic heterocycles. The third kappa shape index (κ3) is 3.20. The molecule has 0 aliphatic rings. The minimum atomic E-state index is -0.705. The summed E-state index contributed by atoms with van der Waals surface area (Å²) in [6.45, 7) is 5.24. The fourth-order valence-electron chi connectivity index (χ4n) is 1.35. The average Bonchev–Trinajstić information content (AvgIpc) is 2.22. The monoisotopic (exact) mass is 244 g/mol. The summed E-state index contributed by atoms with van der Waals surface area (Å²) in [7, 11) is 0. The second-order valence-electron chi connectivity index (χ2n) is 3.93. The number of aryl methyl sites for hydroxylation is 1. The van der Waals surface area contributed by atoms with Crippen LogP contribution in [0.3, 0.4) is 0 Å². The number of halogens is 1. The molecule has 0 saturated carbocycles. The third-order valence-electron chi connectivity index (χ3n) is 2.33. The number of hydrogen-bond donors (Lipinski definition) is 2. The van der Waals surface area contributed by atoms with Gasteiger partial charge in [0, 0.05) is 10.1 Å². The molecule has 0 amide bonds. The number of thioether (sulfide) groups is 1. The molecule has 0 bridgehead atoms. The van der Waals surface area contributed by atoms with Crippen LogP contribution in [0.25, 0.3) is 0 Å². The summed E-state index contributed by atoms with van der Waals surface area (Å²) in [6.07, 6.45) is -0.705. The zero-order valence-corrected chi connectivity index (χ0v) is 10.5. The Morgan fingerprint density at radius 1 is 1.38 bits per heavy atom. The van der Waals surface area contributed by atoms with Gasteiger partial charge in [0.1, 0.15) is 5.82 Å². The number of hydrogen-bond acceptors (Lipinski definition) is 3. The number of rotatable bonds is 4. The maximum Gasteiger partial charge on any atom is 0.126 e. The van der Waals surface area contributed by atoms with Crippen LogP contribution in [0.2, 0.25) is 0 Å². The van der Waals surface area contributed by atoms with Crippen molar-refractivity contribution >= 4 is 11.8 Å². The van der Waals surface area contributed by atoms with Crippen molar-refractivity contribution in [2.75, 3.05) is 6.61 Å². The molecule has 0 aliphatic carbocycles. The van der Waals surface area contributed by atoms with Gasteiger partial charge < -0.3 is 10.2 Å². The van der Waals surface area contributed by atoms with E-state index in [4.69, 9.17) is 5.11 Å². The van der Waals surface area contributed by atoms with Crippen LogP contribution in [-0.2, 0) is 0 Å². The van der Waals surface area contributed by atoms with E-state index in [0.717, 1.165) is 4.90 Å². The smallest absolute Gasteiger partial charge is 0.126 e. The van der Waals surface area contributed by atoms with Crippen molar-refractivity contribution in [1.29, 1.82) is 0 Å². The first-order valence-corrected chi connectivity index (χ1v) is 6.09. The van der Waals surface area contributed by atoms with Gasteiger partial charge >= 0.3 is 0 Å². The molecule has 0 saturated heterocycles. The molecular weight excluding hydrogens is 227 g/mol. The van der Waals surface area contributed by atoms with E-state index in [1.165, 1.54) is 17.8 Å². The van der Waals surface area contributed by atoms with Crippen LogP contribution in [0.1, 0.15) is 31.1 Å². The van der Waals surface area contributed by atoms with Gasteiger partial charge in [0.05, 0.1) is 12.7 Å². The molecule has 0 aromatic heterocycles. The minimum Gasteiger partial charge on any atom is -0.395 e. The maximum atomic E-state index is 13.4. The largest absolute Gasteiger partial charge is 0.395 e. The fourth-order valence-corrected chi connectivity index (χ4v) is 2.47. The van der Waals surface area contributed by atoms with Gasteiger partial charge in [0.15, 0.2) is 0 Å². The standard InChI is InChI=1S/C12H17FO2S/c1-7-4-12(16-8(2)6-14)10(9(3)15)5-11(7)13/h4-5,8-9,14-15H,6H2,1-3H3/t8?,9-/m0/s1. The molecule has 0 radical (unpaired) electrons. The lowest BCUT2D eigenvalue weighted by Gasteiger charge is -2.15. The molecule has 0 heterocycles. The maximum absolute atomic E-state index is 13.4. The molecule has 2 nitrogen and oxygen atoms in total. The molecule has 1 aromatic rings. The van der Waals surface area contributed by atoms with Crippen LogP contribution >= 0.6 is 11.8 Å². The molecule has 1 aromatic carbocycles. The molecular formula is C12H17FO2S. The first-order valence-electron chi connectivity index (χ1n) is 5.21. The Balaban J connectivity index is 3.09. The molecule has 1 unspecified atom stereocenters. The van der Waals surface area contributed by atoms with Crippen LogP contribution < -0.4 is 0 Å². The summed E-state index contributed by atoms with van der Waals surface area (Å²) >= 11 is 1.44. The molecule has 2 atom stereocenters. The van der Waals surface area contributed by atoms with Crippen molar-refractivity contribution in [2.45, 2.75) is 37.0 Å². The number of aliphatic hydroxyl groups is 2. The topological polar surface area (TPSA) is 40.5 Å². The van der Waals surface area contributed by atoms with E-state index < -0.39 is 6.10 Å². The van der Waals surface area contributed by atoms with Gasteiger partial charge in [-0.2, -0.15) is 0 Å². The minimum absolute atomic E-state index is 0.0300. The van der Waals surface area contributed by atoms with Crippen molar-refractivity contribution in [3.63, 3.8) is 0 Å². The van der Waals surface area contributed by atoms with Crippen molar-refractivity contribution in [2.24, 2.45) is 0 Å². The van der Waals surface area contributed by atoms with Crippen LogP contribution in [-0.4, -0.2) is 22.1 Å².